The minimum absolute atomic E-state index is 0.151. The fraction of sp³-hybridized carbons (Fsp3) is 0.500. The van der Waals surface area contributed by atoms with Gasteiger partial charge in [0.05, 0.1) is 20.3 Å². The number of rotatable bonds is 5. The summed E-state index contributed by atoms with van der Waals surface area (Å²) in [6.07, 6.45) is 0.0632. The second-order valence-electron chi connectivity index (χ2n) is 3.61. The van der Waals surface area contributed by atoms with E-state index in [-0.39, 0.29) is 6.54 Å². The van der Waals surface area contributed by atoms with Crippen molar-refractivity contribution in [3.8, 4) is 11.5 Å². The lowest BCUT2D eigenvalue weighted by atomic mass is 10.0. The van der Waals surface area contributed by atoms with Gasteiger partial charge in [0.25, 0.3) is 0 Å². The Labute approximate surface area is 110 Å². The molecule has 5 heteroatoms. The van der Waals surface area contributed by atoms with Crippen molar-refractivity contribution >= 4 is 15.9 Å². The molecule has 17 heavy (non-hydrogen) atoms. The highest BCUT2D eigenvalue weighted by Gasteiger charge is 2.20. The number of methoxy groups -OCH3 is 2. The molecule has 0 saturated heterocycles. The largest absolute Gasteiger partial charge is 0.495 e. The van der Waals surface area contributed by atoms with E-state index < -0.39 is 6.10 Å². The predicted octanol–water partition coefficient (Wildman–Crippen LogP) is 2.02. The molecule has 1 aromatic carbocycles. The standard InChI is InChI=1S/C12H18BrNO3/c1-4-7-5-8(9(15)6-14)12(17-3)10(13)11(7)16-2/h5,9,15H,4,6,14H2,1-3H3. The molecule has 0 fully saturated rings. The molecule has 4 nitrogen and oxygen atoms in total. The molecular formula is C12H18BrNO3. The van der Waals surface area contributed by atoms with Crippen LogP contribution in [0.15, 0.2) is 10.5 Å². The highest BCUT2D eigenvalue weighted by atomic mass is 79.9. The Kier molecular flexibility index (Phi) is 5.24. The van der Waals surface area contributed by atoms with Crippen molar-refractivity contribution in [3.63, 3.8) is 0 Å². The lowest BCUT2D eigenvalue weighted by Crippen LogP contribution is -2.13. The molecule has 0 heterocycles. The summed E-state index contributed by atoms with van der Waals surface area (Å²) in [4.78, 5) is 0. The molecule has 0 aliphatic carbocycles. The first-order valence-corrected chi connectivity index (χ1v) is 6.21. The van der Waals surface area contributed by atoms with E-state index in [2.05, 4.69) is 15.9 Å². The third kappa shape index (κ3) is 2.73. The fourth-order valence-electron chi connectivity index (χ4n) is 1.75. The number of ether oxygens (including phenoxy) is 2. The van der Waals surface area contributed by atoms with Crippen LogP contribution in [-0.2, 0) is 6.42 Å². The van der Waals surface area contributed by atoms with Gasteiger partial charge in [-0.25, -0.2) is 0 Å². The molecule has 1 atom stereocenters. The van der Waals surface area contributed by atoms with E-state index in [1.54, 1.807) is 14.2 Å². The number of nitrogens with two attached hydrogens (primary N) is 1. The zero-order valence-electron chi connectivity index (χ0n) is 10.3. The van der Waals surface area contributed by atoms with Crippen molar-refractivity contribution in [2.45, 2.75) is 19.4 Å². The second-order valence-corrected chi connectivity index (χ2v) is 4.40. The van der Waals surface area contributed by atoms with Crippen molar-refractivity contribution in [3.05, 3.63) is 21.7 Å². The van der Waals surface area contributed by atoms with Crippen LogP contribution >= 0.6 is 15.9 Å². The highest BCUT2D eigenvalue weighted by Crippen LogP contribution is 2.42. The molecule has 0 radical (unpaired) electrons. The molecular weight excluding hydrogens is 286 g/mol. The van der Waals surface area contributed by atoms with Gasteiger partial charge in [0.15, 0.2) is 0 Å². The zero-order valence-corrected chi connectivity index (χ0v) is 11.9. The molecule has 1 aromatic rings. The average Bonchev–Trinajstić information content (AvgIpc) is 2.36. The Hall–Kier alpha value is -0.780. The maximum atomic E-state index is 9.88. The van der Waals surface area contributed by atoms with Gasteiger partial charge in [0, 0.05) is 12.1 Å². The molecule has 0 aromatic heterocycles. The second kappa shape index (κ2) is 6.23. The lowest BCUT2D eigenvalue weighted by Gasteiger charge is -2.19. The van der Waals surface area contributed by atoms with Crippen molar-refractivity contribution in [1.82, 2.24) is 0 Å². The zero-order chi connectivity index (χ0) is 13.0. The number of aryl methyl sites for hydroxylation is 1. The molecule has 0 saturated carbocycles. The van der Waals surface area contributed by atoms with Gasteiger partial charge in [-0.05, 0) is 34.0 Å². The van der Waals surface area contributed by atoms with Crippen LogP contribution in [0.4, 0.5) is 0 Å². The van der Waals surface area contributed by atoms with Crippen LogP contribution < -0.4 is 15.2 Å². The van der Waals surface area contributed by atoms with Gasteiger partial charge >= 0.3 is 0 Å². The summed E-state index contributed by atoms with van der Waals surface area (Å²) in [5, 5.41) is 9.88. The fourth-order valence-corrected chi connectivity index (χ4v) is 2.56. The van der Waals surface area contributed by atoms with Crippen LogP contribution in [0.3, 0.4) is 0 Å². The van der Waals surface area contributed by atoms with Gasteiger partial charge in [-0.2, -0.15) is 0 Å². The summed E-state index contributed by atoms with van der Waals surface area (Å²) in [6.45, 7) is 2.17. The van der Waals surface area contributed by atoms with Gasteiger partial charge in [-0.15, -0.1) is 0 Å². The van der Waals surface area contributed by atoms with E-state index >= 15 is 0 Å². The van der Waals surface area contributed by atoms with Crippen molar-refractivity contribution in [2.24, 2.45) is 5.73 Å². The lowest BCUT2D eigenvalue weighted by molar-refractivity contribution is 0.181. The van der Waals surface area contributed by atoms with Crippen LogP contribution in [0.5, 0.6) is 11.5 Å². The van der Waals surface area contributed by atoms with Gasteiger partial charge < -0.3 is 20.3 Å². The summed E-state index contributed by atoms with van der Waals surface area (Å²) < 4.78 is 11.3. The summed E-state index contributed by atoms with van der Waals surface area (Å²) in [7, 11) is 3.16. The molecule has 0 spiro atoms. The van der Waals surface area contributed by atoms with E-state index in [1.165, 1.54) is 0 Å². The first-order chi connectivity index (χ1) is 8.10. The number of halogens is 1. The van der Waals surface area contributed by atoms with Gasteiger partial charge in [-0.1, -0.05) is 6.92 Å². The summed E-state index contributed by atoms with van der Waals surface area (Å²) in [6, 6.07) is 1.87. The van der Waals surface area contributed by atoms with Gasteiger partial charge in [-0.3, -0.25) is 0 Å². The Morgan fingerprint density at radius 3 is 2.35 bits per heavy atom. The number of hydrogen-bond donors (Lipinski definition) is 2. The van der Waals surface area contributed by atoms with Crippen LogP contribution in [0.2, 0.25) is 0 Å². The van der Waals surface area contributed by atoms with E-state index in [9.17, 15) is 5.11 Å². The first kappa shape index (κ1) is 14.3. The third-order valence-corrected chi connectivity index (χ3v) is 3.37. The topological polar surface area (TPSA) is 64.7 Å². The van der Waals surface area contributed by atoms with Crippen molar-refractivity contribution < 1.29 is 14.6 Å². The predicted molar refractivity (Wildman–Crippen MR) is 70.6 cm³/mol. The van der Waals surface area contributed by atoms with Crippen LogP contribution in [0, 0.1) is 0 Å². The van der Waals surface area contributed by atoms with Crippen LogP contribution in [0.1, 0.15) is 24.2 Å². The minimum atomic E-state index is -0.738. The summed E-state index contributed by atoms with van der Waals surface area (Å²) in [5.41, 5.74) is 7.17. The van der Waals surface area contributed by atoms with Crippen molar-refractivity contribution in [1.29, 1.82) is 0 Å². The van der Waals surface area contributed by atoms with Gasteiger partial charge in [0.1, 0.15) is 16.0 Å². The Bertz CT molecular complexity index is 396. The first-order valence-electron chi connectivity index (χ1n) is 5.42. The Morgan fingerprint density at radius 1 is 1.35 bits per heavy atom. The molecule has 0 aliphatic rings. The highest BCUT2D eigenvalue weighted by molar-refractivity contribution is 9.10. The van der Waals surface area contributed by atoms with E-state index in [0.717, 1.165) is 17.7 Å². The minimum Gasteiger partial charge on any atom is -0.495 e. The molecule has 1 unspecified atom stereocenters. The summed E-state index contributed by atoms with van der Waals surface area (Å²) in [5.74, 6) is 1.30. The molecule has 1 rings (SSSR count). The monoisotopic (exact) mass is 303 g/mol. The third-order valence-electron chi connectivity index (χ3n) is 2.65. The molecule has 0 bridgehead atoms. The number of hydrogen-bond acceptors (Lipinski definition) is 4. The Morgan fingerprint density at radius 2 is 1.94 bits per heavy atom. The number of aliphatic hydroxyl groups is 1. The van der Waals surface area contributed by atoms with E-state index in [4.69, 9.17) is 15.2 Å². The number of aliphatic hydroxyl groups excluding tert-OH is 1. The van der Waals surface area contributed by atoms with E-state index in [0.29, 0.717) is 15.8 Å². The normalized spacial score (nSPS) is 12.4. The summed E-state index contributed by atoms with van der Waals surface area (Å²) >= 11 is 3.44. The molecule has 96 valence electrons. The smallest absolute Gasteiger partial charge is 0.142 e. The molecule has 0 aliphatic heterocycles. The molecule has 3 N–H and O–H groups in total. The van der Waals surface area contributed by atoms with Crippen molar-refractivity contribution in [2.75, 3.05) is 20.8 Å². The van der Waals surface area contributed by atoms with Gasteiger partial charge in [0.2, 0.25) is 0 Å². The maximum Gasteiger partial charge on any atom is 0.142 e. The average molecular weight is 304 g/mol. The quantitative estimate of drug-likeness (QED) is 0.873. The molecule has 0 amide bonds. The van der Waals surface area contributed by atoms with Crippen LogP contribution in [-0.4, -0.2) is 25.9 Å². The SMILES string of the molecule is CCc1cc(C(O)CN)c(OC)c(Br)c1OC. The maximum absolute atomic E-state index is 9.88. The number of benzene rings is 1. The van der Waals surface area contributed by atoms with E-state index in [1.807, 2.05) is 13.0 Å². The van der Waals surface area contributed by atoms with Crippen LogP contribution in [0.25, 0.3) is 0 Å². The Balaban J connectivity index is 3.45.